The summed E-state index contributed by atoms with van der Waals surface area (Å²) < 4.78 is 0.871. The highest BCUT2D eigenvalue weighted by molar-refractivity contribution is 5.73. The van der Waals surface area contributed by atoms with Crippen LogP contribution in [0.1, 0.15) is 20.8 Å². The molecular formula is C13H30N5O2+. The molecule has 0 unspecified atom stereocenters. The summed E-state index contributed by atoms with van der Waals surface area (Å²) in [6, 6.07) is -0.281. The maximum absolute atomic E-state index is 11.4. The van der Waals surface area contributed by atoms with Crippen molar-refractivity contribution >= 4 is 12.1 Å². The molecule has 0 saturated heterocycles. The molecule has 0 fully saturated rings. The smallest absolute Gasteiger partial charge is 0.314 e. The minimum Gasteiger partial charge on any atom is -0.341 e. The van der Waals surface area contributed by atoms with E-state index in [0.29, 0.717) is 19.6 Å². The van der Waals surface area contributed by atoms with Gasteiger partial charge in [-0.05, 0) is 20.8 Å². The highest BCUT2D eigenvalue weighted by atomic mass is 16.2. The molecule has 0 bridgehead atoms. The topological polar surface area (TPSA) is 82.3 Å². The summed E-state index contributed by atoms with van der Waals surface area (Å²) in [7, 11) is 1.60. The van der Waals surface area contributed by atoms with Gasteiger partial charge in [0.05, 0.1) is 39.3 Å². The first-order valence-corrected chi connectivity index (χ1v) is 7.36. The molecule has 0 radical (unpaired) electrons. The number of carbonyl (C=O) groups is 2. The van der Waals surface area contributed by atoms with Gasteiger partial charge >= 0.3 is 12.1 Å². The van der Waals surface area contributed by atoms with Crippen molar-refractivity contribution in [1.82, 2.24) is 21.3 Å². The van der Waals surface area contributed by atoms with E-state index >= 15 is 0 Å². The fourth-order valence-corrected chi connectivity index (χ4v) is 2.09. The van der Waals surface area contributed by atoms with Crippen molar-refractivity contribution in [3.63, 3.8) is 0 Å². The fourth-order valence-electron chi connectivity index (χ4n) is 2.09. The average Bonchev–Trinajstić information content (AvgIpc) is 2.45. The van der Waals surface area contributed by atoms with Gasteiger partial charge < -0.3 is 25.8 Å². The lowest BCUT2D eigenvalue weighted by molar-refractivity contribution is -0.922. The zero-order valence-corrected chi connectivity index (χ0v) is 13.2. The third-order valence-electron chi connectivity index (χ3n) is 3.65. The number of amides is 4. The van der Waals surface area contributed by atoms with Crippen molar-refractivity contribution in [3.05, 3.63) is 0 Å². The van der Waals surface area contributed by atoms with Crippen LogP contribution in [0, 0.1) is 0 Å². The number of nitrogens with one attached hydrogen (secondary N) is 4. The van der Waals surface area contributed by atoms with Gasteiger partial charge in [-0.1, -0.05) is 0 Å². The van der Waals surface area contributed by atoms with E-state index in [1.165, 1.54) is 0 Å². The minimum atomic E-state index is -0.157. The molecule has 0 aliphatic heterocycles. The van der Waals surface area contributed by atoms with E-state index in [1.54, 1.807) is 7.05 Å². The predicted octanol–water partition coefficient (Wildman–Crippen LogP) is 0.0911. The predicted molar refractivity (Wildman–Crippen MR) is 80.6 cm³/mol. The second-order valence-electron chi connectivity index (χ2n) is 4.71. The number of hydrogen-bond donors (Lipinski definition) is 4. The van der Waals surface area contributed by atoms with E-state index in [4.69, 9.17) is 0 Å². The third kappa shape index (κ3) is 7.18. The molecule has 0 aromatic carbocycles. The summed E-state index contributed by atoms with van der Waals surface area (Å²) in [6.07, 6.45) is 0. The monoisotopic (exact) mass is 288 g/mol. The van der Waals surface area contributed by atoms with E-state index < -0.39 is 0 Å². The Hall–Kier alpha value is -1.50. The first-order valence-electron chi connectivity index (χ1n) is 7.36. The Balaban J connectivity index is 4.16. The highest BCUT2D eigenvalue weighted by Crippen LogP contribution is 2.04. The summed E-state index contributed by atoms with van der Waals surface area (Å²) >= 11 is 0. The Kier molecular flexibility index (Phi) is 9.53. The molecule has 0 atom stereocenters. The van der Waals surface area contributed by atoms with Crippen LogP contribution < -0.4 is 21.3 Å². The molecule has 4 amide bonds. The van der Waals surface area contributed by atoms with Gasteiger partial charge in [-0.25, -0.2) is 9.59 Å². The lowest BCUT2D eigenvalue weighted by atomic mass is 10.3. The SMILES string of the molecule is CCNC(=O)NCC[N+](CC)(CC)CCNC(=O)NC. The molecule has 0 aliphatic rings. The normalized spacial score (nSPS) is 10.8. The van der Waals surface area contributed by atoms with Crippen molar-refractivity contribution < 1.29 is 14.1 Å². The van der Waals surface area contributed by atoms with Crippen molar-refractivity contribution in [3.8, 4) is 0 Å². The molecule has 0 aromatic rings. The number of rotatable bonds is 9. The molecule has 7 heteroatoms. The van der Waals surface area contributed by atoms with E-state index in [0.717, 1.165) is 30.7 Å². The maximum atomic E-state index is 11.4. The summed E-state index contributed by atoms with van der Waals surface area (Å²) in [6.45, 7) is 11.7. The van der Waals surface area contributed by atoms with E-state index in [-0.39, 0.29) is 12.1 Å². The Bertz CT molecular complexity index is 292. The Morgan fingerprint density at radius 2 is 1.35 bits per heavy atom. The van der Waals surface area contributed by atoms with Gasteiger partial charge in [-0.15, -0.1) is 0 Å². The number of quaternary nitrogens is 1. The Morgan fingerprint density at radius 3 is 1.75 bits per heavy atom. The van der Waals surface area contributed by atoms with E-state index in [1.807, 2.05) is 6.92 Å². The van der Waals surface area contributed by atoms with Gasteiger partial charge in [-0.2, -0.15) is 0 Å². The van der Waals surface area contributed by atoms with Gasteiger partial charge in [0.15, 0.2) is 0 Å². The van der Waals surface area contributed by atoms with Crippen molar-refractivity contribution in [2.45, 2.75) is 20.8 Å². The molecule has 0 aromatic heterocycles. The summed E-state index contributed by atoms with van der Waals surface area (Å²) in [5.74, 6) is 0. The fraction of sp³-hybridized carbons (Fsp3) is 0.846. The van der Waals surface area contributed by atoms with Crippen LogP contribution >= 0.6 is 0 Å². The average molecular weight is 288 g/mol. The molecule has 0 saturated carbocycles. The van der Waals surface area contributed by atoms with Crippen LogP contribution in [0.15, 0.2) is 0 Å². The van der Waals surface area contributed by atoms with Crippen LogP contribution in [0.25, 0.3) is 0 Å². The zero-order chi connectivity index (χ0) is 15.4. The molecule has 0 aliphatic carbocycles. The van der Waals surface area contributed by atoms with Crippen LogP contribution in [0.2, 0.25) is 0 Å². The van der Waals surface area contributed by atoms with Gasteiger partial charge in [-0.3, -0.25) is 0 Å². The lowest BCUT2D eigenvalue weighted by Crippen LogP contribution is -2.55. The number of urea groups is 2. The standard InChI is InChI=1S/C13H29N5O2/c1-5-15-13(20)17-9-11-18(6-2,7-3)10-8-16-12(19)14-4/h5-11H2,1-4H3,(H3-,14,15,16,17,19,20)/p+1. The maximum Gasteiger partial charge on any atom is 0.314 e. The molecule has 118 valence electrons. The first kappa shape index (κ1) is 18.5. The van der Waals surface area contributed by atoms with Gasteiger partial charge in [0.2, 0.25) is 0 Å². The zero-order valence-electron chi connectivity index (χ0n) is 13.2. The van der Waals surface area contributed by atoms with Gasteiger partial charge in [0, 0.05) is 13.6 Å². The number of carbonyl (C=O) groups excluding carboxylic acids is 2. The van der Waals surface area contributed by atoms with Crippen molar-refractivity contribution in [2.75, 3.05) is 52.9 Å². The Morgan fingerprint density at radius 1 is 0.850 bits per heavy atom. The second kappa shape index (κ2) is 10.3. The van der Waals surface area contributed by atoms with E-state index in [9.17, 15) is 9.59 Å². The highest BCUT2D eigenvalue weighted by Gasteiger charge is 2.22. The van der Waals surface area contributed by atoms with Gasteiger partial charge in [0.1, 0.15) is 0 Å². The van der Waals surface area contributed by atoms with Gasteiger partial charge in [0.25, 0.3) is 0 Å². The van der Waals surface area contributed by atoms with Crippen molar-refractivity contribution in [2.24, 2.45) is 0 Å². The first-order chi connectivity index (χ1) is 9.53. The molecule has 0 rings (SSSR count). The number of nitrogens with zero attached hydrogens (tertiary/aromatic N) is 1. The molecular weight excluding hydrogens is 258 g/mol. The van der Waals surface area contributed by atoms with Crippen LogP contribution in [0.5, 0.6) is 0 Å². The Labute approximate surface area is 122 Å². The molecule has 0 heterocycles. The molecule has 4 N–H and O–H groups in total. The van der Waals surface area contributed by atoms with Crippen LogP contribution in [-0.2, 0) is 0 Å². The quantitative estimate of drug-likeness (QED) is 0.454. The summed E-state index contributed by atoms with van der Waals surface area (Å²) in [4.78, 5) is 22.5. The molecule has 7 nitrogen and oxygen atoms in total. The van der Waals surface area contributed by atoms with Crippen LogP contribution in [0.4, 0.5) is 9.59 Å². The largest absolute Gasteiger partial charge is 0.341 e. The second-order valence-corrected chi connectivity index (χ2v) is 4.71. The molecule has 20 heavy (non-hydrogen) atoms. The van der Waals surface area contributed by atoms with Crippen molar-refractivity contribution in [1.29, 1.82) is 0 Å². The molecule has 0 spiro atoms. The summed E-state index contributed by atoms with van der Waals surface area (Å²) in [5.41, 5.74) is 0. The summed E-state index contributed by atoms with van der Waals surface area (Å²) in [5, 5.41) is 10.9. The number of likely N-dealkylation sites (N-methyl/N-ethyl adjacent to an activating group) is 1. The van der Waals surface area contributed by atoms with Crippen LogP contribution in [0.3, 0.4) is 0 Å². The lowest BCUT2D eigenvalue weighted by Gasteiger charge is -2.37. The van der Waals surface area contributed by atoms with E-state index in [2.05, 4.69) is 35.1 Å². The third-order valence-corrected chi connectivity index (χ3v) is 3.65. The van der Waals surface area contributed by atoms with Crippen LogP contribution in [-0.4, -0.2) is 69.4 Å². The minimum absolute atomic E-state index is 0.124. The number of hydrogen-bond acceptors (Lipinski definition) is 2.